The summed E-state index contributed by atoms with van der Waals surface area (Å²) in [4.78, 5) is 29.4. The molecule has 2 heterocycles. The zero-order valence-electron chi connectivity index (χ0n) is 14.9. The molecule has 1 saturated heterocycles. The van der Waals surface area contributed by atoms with Gasteiger partial charge < -0.3 is 10.6 Å². The van der Waals surface area contributed by atoms with Gasteiger partial charge in [0.25, 0.3) is 5.91 Å². The predicted molar refractivity (Wildman–Crippen MR) is 101 cm³/mol. The third kappa shape index (κ3) is 4.91. The van der Waals surface area contributed by atoms with Crippen molar-refractivity contribution in [2.45, 2.75) is 32.1 Å². The first kappa shape index (κ1) is 18.1. The molecule has 0 atom stereocenters. The van der Waals surface area contributed by atoms with E-state index in [0.29, 0.717) is 24.5 Å². The van der Waals surface area contributed by atoms with Crippen LogP contribution in [0.5, 0.6) is 0 Å². The number of carbonyl (C=O) groups is 2. The summed E-state index contributed by atoms with van der Waals surface area (Å²) >= 11 is 0. The highest BCUT2D eigenvalue weighted by Crippen LogP contribution is 2.23. The lowest BCUT2D eigenvalue weighted by molar-refractivity contribution is -0.117. The van der Waals surface area contributed by atoms with E-state index in [0.717, 1.165) is 37.9 Å². The molecule has 3 rings (SSSR count). The van der Waals surface area contributed by atoms with Gasteiger partial charge in [-0.2, -0.15) is 0 Å². The number of primary amides is 1. The molecule has 1 aliphatic heterocycles. The minimum atomic E-state index is -0.263. The number of carbonyl (C=O) groups excluding carboxylic acids is 2. The van der Waals surface area contributed by atoms with Gasteiger partial charge in [-0.3, -0.25) is 14.6 Å². The van der Waals surface area contributed by atoms with Crippen LogP contribution in [0.4, 0.5) is 0 Å². The Morgan fingerprint density at radius 3 is 2.35 bits per heavy atom. The second kappa shape index (κ2) is 8.61. The second-order valence-corrected chi connectivity index (χ2v) is 6.94. The molecular weight excluding hydrogens is 326 g/mol. The third-order valence-electron chi connectivity index (χ3n) is 4.99. The normalized spacial score (nSPS) is 15.0. The number of nitrogens with two attached hydrogens (primary N) is 1. The monoisotopic (exact) mass is 351 g/mol. The molecule has 26 heavy (non-hydrogen) atoms. The smallest absolute Gasteiger partial charge is 0.272 e. The first-order chi connectivity index (χ1) is 12.6. The largest absolute Gasteiger partial charge is 0.370 e. The summed E-state index contributed by atoms with van der Waals surface area (Å²) in [5, 5.41) is 0. The Bertz CT molecular complexity index is 736. The minimum Gasteiger partial charge on any atom is -0.370 e. The van der Waals surface area contributed by atoms with Crippen molar-refractivity contribution in [2.24, 2.45) is 11.7 Å². The van der Waals surface area contributed by atoms with E-state index in [1.54, 1.807) is 12.3 Å². The van der Waals surface area contributed by atoms with E-state index in [1.165, 1.54) is 5.56 Å². The van der Waals surface area contributed by atoms with Gasteiger partial charge in [0.15, 0.2) is 0 Å². The topological polar surface area (TPSA) is 76.3 Å². The van der Waals surface area contributed by atoms with E-state index >= 15 is 0 Å². The van der Waals surface area contributed by atoms with Gasteiger partial charge >= 0.3 is 0 Å². The number of piperidine rings is 1. The molecule has 1 fully saturated rings. The molecule has 2 aromatic rings. The number of aromatic nitrogens is 1. The number of hydrogen-bond acceptors (Lipinski definition) is 3. The van der Waals surface area contributed by atoms with E-state index in [2.05, 4.69) is 29.2 Å². The van der Waals surface area contributed by atoms with Gasteiger partial charge in [-0.25, -0.2) is 0 Å². The molecule has 1 aromatic carbocycles. The summed E-state index contributed by atoms with van der Waals surface area (Å²) in [6.07, 6.45) is 5.81. The zero-order valence-corrected chi connectivity index (χ0v) is 14.9. The number of benzene rings is 1. The summed E-state index contributed by atoms with van der Waals surface area (Å²) in [6, 6.07) is 13.9. The Morgan fingerprint density at radius 1 is 1.04 bits per heavy atom. The van der Waals surface area contributed by atoms with E-state index in [-0.39, 0.29) is 11.8 Å². The Labute approximate surface area is 154 Å². The van der Waals surface area contributed by atoms with Gasteiger partial charge in [0, 0.05) is 25.7 Å². The van der Waals surface area contributed by atoms with Crippen LogP contribution in [0, 0.1) is 5.92 Å². The molecule has 0 unspecified atom stereocenters. The van der Waals surface area contributed by atoms with Crippen LogP contribution in [-0.4, -0.2) is 34.8 Å². The molecule has 5 nitrogen and oxygen atoms in total. The molecule has 2 N–H and O–H groups in total. The van der Waals surface area contributed by atoms with Gasteiger partial charge in [0.05, 0.1) is 0 Å². The second-order valence-electron chi connectivity index (χ2n) is 6.94. The average molecular weight is 351 g/mol. The van der Waals surface area contributed by atoms with Crippen LogP contribution in [0.3, 0.4) is 0 Å². The average Bonchev–Trinajstić information content (AvgIpc) is 2.68. The van der Waals surface area contributed by atoms with Gasteiger partial charge in [-0.05, 0) is 54.9 Å². The molecular formula is C21H25N3O2. The third-order valence-corrected chi connectivity index (χ3v) is 4.99. The predicted octanol–water partition coefficient (Wildman–Crippen LogP) is 2.59. The lowest BCUT2D eigenvalue weighted by Gasteiger charge is -2.32. The molecule has 0 saturated carbocycles. The Morgan fingerprint density at radius 2 is 1.73 bits per heavy atom. The molecule has 0 bridgehead atoms. The molecule has 0 aliphatic carbocycles. The fraction of sp³-hybridized carbons (Fsp3) is 0.381. The number of pyridine rings is 1. The summed E-state index contributed by atoms with van der Waals surface area (Å²) in [7, 11) is 0. The zero-order chi connectivity index (χ0) is 18.4. The van der Waals surface area contributed by atoms with E-state index < -0.39 is 0 Å². The van der Waals surface area contributed by atoms with Crippen molar-refractivity contribution < 1.29 is 9.59 Å². The van der Waals surface area contributed by atoms with Crippen LogP contribution in [0.2, 0.25) is 0 Å². The van der Waals surface area contributed by atoms with Crippen LogP contribution < -0.4 is 5.73 Å². The number of aryl methyl sites for hydroxylation is 1. The van der Waals surface area contributed by atoms with Crippen molar-refractivity contribution in [3.05, 3.63) is 65.5 Å². The molecule has 2 amide bonds. The Hall–Kier alpha value is -2.69. The van der Waals surface area contributed by atoms with Crippen molar-refractivity contribution in [1.29, 1.82) is 0 Å². The maximum atomic E-state index is 12.4. The maximum Gasteiger partial charge on any atom is 0.272 e. The van der Waals surface area contributed by atoms with E-state index in [1.807, 2.05) is 17.0 Å². The highest BCUT2D eigenvalue weighted by molar-refractivity contribution is 5.92. The van der Waals surface area contributed by atoms with Gasteiger partial charge in [-0.15, -0.1) is 0 Å². The van der Waals surface area contributed by atoms with E-state index in [9.17, 15) is 9.59 Å². The highest BCUT2D eigenvalue weighted by Gasteiger charge is 2.24. The van der Waals surface area contributed by atoms with Crippen molar-refractivity contribution in [1.82, 2.24) is 9.88 Å². The molecule has 1 aromatic heterocycles. The molecule has 1 aliphatic rings. The van der Waals surface area contributed by atoms with Crippen molar-refractivity contribution in [3.8, 4) is 0 Å². The molecule has 0 radical (unpaired) electrons. The molecule has 0 spiro atoms. The highest BCUT2D eigenvalue weighted by atomic mass is 16.2. The number of amides is 2. The van der Waals surface area contributed by atoms with Crippen LogP contribution in [0.15, 0.2) is 48.7 Å². The van der Waals surface area contributed by atoms with Crippen molar-refractivity contribution >= 4 is 11.8 Å². The SMILES string of the molecule is NC(=O)CCc1ccc(CC2CCN(C(=O)c3ccccn3)CC2)cc1. The van der Waals surface area contributed by atoms with Gasteiger partial charge in [0.2, 0.25) is 5.91 Å². The standard InChI is InChI=1S/C21H25N3O2/c22-20(25)9-8-16-4-6-17(7-5-16)15-18-10-13-24(14-11-18)21(26)19-3-1-2-12-23-19/h1-7,12,18H,8-11,13-15H2,(H2,22,25). The number of nitrogens with zero attached hydrogens (tertiary/aromatic N) is 2. The number of hydrogen-bond donors (Lipinski definition) is 1. The first-order valence-electron chi connectivity index (χ1n) is 9.18. The van der Waals surface area contributed by atoms with Crippen molar-refractivity contribution in [3.63, 3.8) is 0 Å². The lowest BCUT2D eigenvalue weighted by atomic mass is 9.89. The van der Waals surface area contributed by atoms with E-state index in [4.69, 9.17) is 5.73 Å². The fourth-order valence-corrected chi connectivity index (χ4v) is 3.43. The summed E-state index contributed by atoms with van der Waals surface area (Å²) < 4.78 is 0. The maximum absolute atomic E-state index is 12.4. The van der Waals surface area contributed by atoms with Gasteiger partial charge in [-0.1, -0.05) is 30.3 Å². The van der Waals surface area contributed by atoms with Crippen LogP contribution in [-0.2, 0) is 17.6 Å². The summed E-state index contributed by atoms with van der Waals surface area (Å²) in [5.41, 5.74) is 8.17. The molecule has 136 valence electrons. The van der Waals surface area contributed by atoms with Gasteiger partial charge in [0.1, 0.15) is 5.69 Å². The van der Waals surface area contributed by atoms with Crippen LogP contribution in [0.1, 0.15) is 40.9 Å². The summed E-state index contributed by atoms with van der Waals surface area (Å²) in [5.74, 6) is 0.364. The first-order valence-corrected chi connectivity index (χ1v) is 9.18. The molecule has 5 heteroatoms. The van der Waals surface area contributed by atoms with Crippen molar-refractivity contribution in [2.75, 3.05) is 13.1 Å². The quantitative estimate of drug-likeness (QED) is 0.869. The van der Waals surface area contributed by atoms with Crippen LogP contribution >= 0.6 is 0 Å². The van der Waals surface area contributed by atoms with Crippen LogP contribution in [0.25, 0.3) is 0 Å². The Balaban J connectivity index is 1.48. The number of likely N-dealkylation sites (tertiary alicyclic amines) is 1. The Kier molecular flexibility index (Phi) is 6.00. The number of rotatable bonds is 6. The minimum absolute atomic E-state index is 0.0304. The summed E-state index contributed by atoms with van der Waals surface area (Å²) in [6.45, 7) is 1.58. The fourth-order valence-electron chi connectivity index (χ4n) is 3.43. The lowest BCUT2D eigenvalue weighted by Crippen LogP contribution is -2.39.